The number of amides is 1. The largest absolute Gasteiger partial charge is 0.494 e. The van der Waals surface area contributed by atoms with Crippen LogP contribution >= 0.6 is 15.9 Å². The number of hydrogen-bond acceptors (Lipinski definition) is 4. The van der Waals surface area contributed by atoms with Gasteiger partial charge in [-0.15, -0.1) is 0 Å². The normalized spacial score (nSPS) is 15.3. The molecule has 1 amide bonds. The molecule has 5 rings (SSSR count). The van der Waals surface area contributed by atoms with Gasteiger partial charge in [-0.1, -0.05) is 28.1 Å². The fraction of sp³-hybridized carbons (Fsp3) is 0.120. The summed E-state index contributed by atoms with van der Waals surface area (Å²) in [5.41, 5.74) is 1.27. The van der Waals surface area contributed by atoms with Crippen molar-refractivity contribution < 1.29 is 18.3 Å². The summed E-state index contributed by atoms with van der Waals surface area (Å²) in [7, 11) is 0. The molecule has 1 aliphatic rings. The standard InChI is InChI=1S/C25H17BrFNO4/c1-2-31-18-10-8-17(9-11-18)28-22(14-3-5-15(26)6-4-14)21-23(29)19-13-16(27)7-12-20(19)32-24(21)25(28)30/h3-13,22H,2H2,1H3. The second-order valence-corrected chi connectivity index (χ2v) is 8.29. The van der Waals surface area contributed by atoms with Gasteiger partial charge in [-0.2, -0.15) is 0 Å². The number of benzene rings is 3. The highest BCUT2D eigenvalue weighted by atomic mass is 79.9. The molecule has 32 heavy (non-hydrogen) atoms. The molecule has 1 atom stereocenters. The maximum absolute atomic E-state index is 13.9. The Morgan fingerprint density at radius 1 is 1.03 bits per heavy atom. The van der Waals surface area contributed by atoms with Crippen LogP contribution in [0, 0.1) is 5.82 Å². The molecule has 0 spiro atoms. The number of fused-ring (bicyclic) bond motifs is 2. The number of carbonyl (C=O) groups is 1. The van der Waals surface area contributed by atoms with E-state index in [9.17, 15) is 14.0 Å². The number of anilines is 1. The third kappa shape index (κ3) is 3.29. The van der Waals surface area contributed by atoms with Crippen LogP contribution in [-0.4, -0.2) is 12.5 Å². The fourth-order valence-electron chi connectivity index (χ4n) is 4.04. The number of halogens is 2. The van der Waals surface area contributed by atoms with E-state index in [0.717, 1.165) is 16.1 Å². The summed E-state index contributed by atoms with van der Waals surface area (Å²) in [6.07, 6.45) is 0. The minimum Gasteiger partial charge on any atom is -0.494 e. The van der Waals surface area contributed by atoms with Crippen LogP contribution in [0.25, 0.3) is 11.0 Å². The lowest BCUT2D eigenvalue weighted by atomic mass is 9.98. The molecule has 3 aromatic carbocycles. The summed E-state index contributed by atoms with van der Waals surface area (Å²) < 4.78 is 26.1. The average molecular weight is 494 g/mol. The van der Waals surface area contributed by atoms with Gasteiger partial charge in [0.1, 0.15) is 17.1 Å². The van der Waals surface area contributed by atoms with Crippen molar-refractivity contribution in [3.63, 3.8) is 0 Å². The summed E-state index contributed by atoms with van der Waals surface area (Å²) in [6, 6.07) is 17.5. The molecule has 0 saturated heterocycles. The van der Waals surface area contributed by atoms with E-state index in [1.165, 1.54) is 17.0 Å². The number of ether oxygens (including phenoxy) is 1. The van der Waals surface area contributed by atoms with Crippen LogP contribution in [0.3, 0.4) is 0 Å². The van der Waals surface area contributed by atoms with Gasteiger partial charge in [0.05, 0.1) is 23.6 Å². The van der Waals surface area contributed by atoms with Crippen LogP contribution in [0.5, 0.6) is 5.75 Å². The molecule has 0 fully saturated rings. The molecule has 0 radical (unpaired) electrons. The average Bonchev–Trinajstić information content (AvgIpc) is 3.08. The molecule has 1 aliphatic heterocycles. The van der Waals surface area contributed by atoms with Crippen molar-refractivity contribution in [2.75, 3.05) is 11.5 Å². The van der Waals surface area contributed by atoms with Crippen molar-refractivity contribution >= 4 is 38.5 Å². The zero-order valence-electron chi connectivity index (χ0n) is 17.0. The highest BCUT2D eigenvalue weighted by Crippen LogP contribution is 2.41. The summed E-state index contributed by atoms with van der Waals surface area (Å²) in [5, 5.41) is 0.104. The first-order chi connectivity index (χ1) is 15.5. The second-order valence-electron chi connectivity index (χ2n) is 7.37. The second kappa shape index (κ2) is 7.91. The Morgan fingerprint density at radius 3 is 2.44 bits per heavy atom. The molecule has 2 heterocycles. The van der Waals surface area contributed by atoms with Crippen molar-refractivity contribution in [2.24, 2.45) is 0 Å². The van der Waals surface area contributed by atoms with Gasteiger partial charge in [-0.05, 0) is 67.1 Å². The first-order valence-corrected chi connectivity index (χ1v) is 10.9. The van der Waals surface area contributed by atoms with Gasteiger partial charge >= 0.3 is 0 Å². The molecule has 0 saturated carbocycles. The van der Waals surface area contributed by atoms with E-state index in [0.29, 0.717) is 18.0 Å². The van der Waals surface area contributed by atoms with Gasteiger partial charge in [0.15, 0.2) is 5.43 Å². The maximum atomic E-state index is 13.9. The zero-order chi connectivity index (χ0) is 22.4. The first-order valence-electron chi connectivity index (χ1n) is 10.1. The van der Waals surface area contributed by atoms with Crippen LogP contribution in [-0.2, 0) is 0 Å². The fourth-order valence-corrected chi connectivity index (χ4v) is 4.31. The molecular weight excluding hydrogens is 477 g/mol. The molecule has 1 unspecified atom stereocenters. The van der Waals surface area contributed by atoms with Crippen molar-refractivity contribution in [3.05, 3.63) is 104 Å². The van der Waals surface area contributed by atoms with Crippen LogP contribution in [0.15, 0.2) is 80.4 Å². The Hall–Kier alpha value is -3.45. The quantitative estimate of drug-likeness (QED) is 0.358. The number of hydrogen-bond donors (Lipinski definition) is 0. The van der Waals surface area contributed by atoms with Gasteiger partial charge in [0.25, 0.3) is 5.91 Å². The van der Waals surface area contributed by atoms with Gasteiger partial charge in [0, 0.05) is 10.2 Å². The van der Waals surface area contributed by atoms with Crippen molar-refractivity contribution in [2.45, 2.75) is 13.0 Å². The van der Waals surface area contributed by atoms with Gasteiger partial charge in [0.2, 0.25) is 5.76 Å². The first kappa shape index (κ1) is 20.5. The molecule has 0 aliphatic carbocycles. The van der Waals surface area contributed by atoms with E-state index in [-0.39, 0.29) is 22.3 Å². The SMILES string of the molecule is CCOc1ccc(N2C(=O)c3oc4ccc(F)cc4c(=O)c3C2c2ccc(Br)cc2)cc1. The monoisotopic (exact) mass is 493 g/mol. The van der Waals surface area contributed by atoms with Gasteiger partial charge in [-0.25, -0.2) is 4.39 Å². The van der Waals surface area contributed by atoms with E-state index in [2.05, 4.69) is 15.9 Å². The van der Waals surface area contributed by atoms with Gasteiger partial charge < -0.3 is 9.15 Å². The van der Waals surface area contributed by atoms with Crippen LogP contribution in [0.1, 0.15) is 34.6 Å². The summed E-state index contributed by atoms with van der Waals surface area (Å²) in [6.45, 7) is 2.42. The Labute approximate surface area is 191 Å². The Morgan fingerprint density at radius 2 is 1.75 bits per heavy atom. The molecule has 160 valence electrons. The molecule has 0 N–H and O–H groups in total. The van der Waals surface area contributed by atoms with Crippen LogP contribution < -0.4 is 15.1 Å². The van der Waals surface area contributed by atoms with Crippen molar-refractivity contribution in [1.29, 1.82) is 0 Å². The minimum absolute atomic E-state index is 0.0316. The molecule has 0 bridgehead atoms. The molecular formula is C25H17BrFNO4. The van der Waals surface area contributed by atoms with Crippen molar-refractivity contribution in [3.8, 4) is 5.75 Å². The molecule has 4 aromatic rings. The highest BCUT2D eigenvalue weighted by molar-refractivity contribution is 9.10. The summed E-state index contributed by atoms with van der Waals surface area (Å²) in [4.78, 5) is 28.5. The Bertz CT molecular complexity index is 1400. The Kier molecular flexibility index (Phi) is 5.06. The van der Waals surface area contributed by atoms with E-state index in [1.807, 2.05) is 31.2 Å². The summed E-state index contributed by atoms with van der Waals surface area (Å²) in [5.74, 6) is -0.329. The highest BCUT2D eigenvalue weighted by Gasteiger charge is 2.43. The van der Waals surface area contributed by atoms with Gasteiger partial charge in [-0.3, -0.25) is 14.5 Å². The smallest absolute Gasteiger partial charge is 0.295 e. The van der Waals surface area contributed by atoms with E-state index in [1.54, 1.807) is 24.3 Å². The minimum atomic E-state index is -0.715. The van der Waals surface area contributed by atoms with E-state index >= 15 is 0 Å². The maximum Gasteiger partial charge on any atom is 0.295 e. The predicted molar refractivity (Wildman–Crippen MR) is 123 cm³/mol. The van der Waals surface area contributed by atoms with Crippen LogP contribution in [0.2, 0.25) is 0 Å². The topological polar surface area (TPSA) is 59.8 Å². The number of carbonyl (C=O) groups excluding carboxylic acids is 1. The Balaban J connectivity index is 1.75. The third-order valence-corrected chi connectivity index (χ3v) is 5.97. The number of nitrogens with zero attached hydrogens (tertiary/aromatic N) is 1. The third-order valence-electron chi connectivity index (χ3n) is 5.44. The lowest BCUT2D eigenvalue weighted by Gasteiger charge is -2.25. The molecule has 5 nitrogen and oxygen atoms in total. The van der Waals surface area contributed by atoms with E-state index in [4.69, 9.17) is 9.15 Å². The lowest BCUT2D eigenvalue weighted by molar-refractivity contribution is 0.0971. The predicted octanol–water partition coefficient (Wildman–Crippen LogP) is 5.84. The van der Waals surface area contributed by atoms with Crippen LogP contribution in [0.4, 0.5) is 10.1 Å². The number of rotatable bonds is 4. The summed E-state index contributed by atoms with van der Waals surface area (Å²) >= 11 is 3.42. The van der Waals surface area contributed by atoms with E-state index < -0.39 is 23.2 Å². The lowest BCUT2D eigenvalue weighted by Crippen LogP contribution is -2.29. The molecule has 1 aromatic heterocycles. The zero-order valence-corrected chi connectivity index (χ0v) is 18.6. The van der Waals surface area contributed by atoms with Crippen molar-refractivity contribution in [1.82, 2.24) is 0 Å². The molecule has 7 heteroatoms.